The van der Waals surface area contributed by atoms with Crippen molar-refractivity contribution >= 4 is 17.8 Å². The number of carbonyl (C=O) groups is 3. The average molecular weight is 376 g/mol. The molecule has 1 aromatic rings. The van der Waals surface area contributed by atoms with Crippen molar-refractivity contribution in [2.45, 2.75) is 6.42 Å². The Balaban J connectivity index is 1.77. The molecule has 2 fully saturated rings. The van der Waals surface area contributed by atoms with Crippen LogP contribution in [0.4, 0.5) is 0 Å². The number of likely N-dealkylation sites (N-methyl/N-ethyl adjacent to an activating group) is 1. The van der Waals surface area contributed by atoms with Gasteiger partial charge in [-0.05, 0) is 25.6 Å². The zero-order valence-electron chi connectivity index (χ0n) is 15.2. The first-order valence-electron chi connectivity index (χ1n) is 9.00. The number of piperidine rings is 1. The molecule has 9 nitrogen and oxygen atoms in total. The maximum absolute atomic E-state index is 12.9. The SMILES string of the molecule is CN1CCN(C(=O)[C@@H]2C[C@@H](C(=O)O)CN(C(=O)c3ncccc3O)C2)CC1. The van der Waals surface area contributed by atoms with E-state index in [4.69, 9.17) is 0 Å². The van der Waals surface area contributed by atoms with Gasteiger partial charge in [0, 0.05) is 45.5 Å². The Kier molecular flexibility index (Phi) is 5.59. The number of nitrogens with zero attached hydrogens (tertiary/aromatic N) is 4. The fourth-order valence-electron chi connectivity index (χ4n) is 3.62. The van der Waals surface area contributed by atoms with E-state index in [1.54, 1.807) is 4.90 Å². The van der Waals surface area contributed by atoms with E-state index in [0.717, 1.165) is 13.1 Å². The molecule has 0 spiro atoms. The lowest BCUT2D eigenvalue weighted by atomic mass is 9.87. The molecule has 0 unspecified atom stereocenters. The Labute approximate surface area is 157 Å². The molecule has 146 valence electrons. The van der Waals surface area contributed by atoms with Crippen LogP contribution in [0.5, 0.6) is 5.75 Å². The van der Waals surface area contributed by atoms with Gasteiger partial charge in [-0.1, -0.05) is 0 Å². The third-order valence-corrected chi connectivity index (χ3v) is 5.24. The van der Waals surface area contributed by atoms with Gasteiger partial charge in [0.05, 0.1) is 11.8 Å². The predicted octanol–water partition coefficient (Wildman–Crippen LogP) is -0.276. The predicted molar refractivity (Wildman–Crippen MR) is 95.1 cm³/mol. The van der Waals surface area contributed by atoms with Crippen LogP contribution >= 0.6 is 0 Å². The number of carboxylic acids is 1. The molecular formula is C18H24N4O5. The van der Waals surface area contributed by atoms with Crippen LogP contribution in [0.15, 0.2) is 18.3 Å². The molecule has 2 atom stereocenters. The summed E-state index contributed by atoms with van der Waals surface area (Å²) in [5.41, 5.74) is -0.130. The summed E-state index contributed by atoms with van der Waals surface area (Å²) >= 11 is 0. The van der Waals surface area contributed by atoms with E-state index < -0.39 is 23.7 Å². The van der Waals surface area contributed by atoms with Gasteiger partial charge in [-0.3, -0.25) is 14.4 Å². The van der Waals surface area contributed by atoms with Crippen LogP contribution in [-0.2, 0) is 9.59 Å². The van der Waals surface area contributed by atoms with Crippen molar-refractivity contribution in [2.75, 3.05) is 46.3 Å². The van der Waals surface area contributed by atoms with E-state index in [2.05, 4.69) is 9.88 Å². The van der Waals surface area contributed by atoms with Crippen LogP contribution < -0.4 is 0 Å². The third-order valence-electron chi connectivity index (χ3n) is 5.24. The molecule has 0 bridgehead atoms. The molecule has 0 radical (unpaired) electrons. The van der Waals surface area contributed by atoms with E-state index in [-0.39, 0.29) is 36.9 Å². The number of pyridine rings is 1. The molecule has 1 aromatic heterocycles. The second-order valence-electron chi connectivity index (χ2n) is 7.18. The molecule has 0 aliphatic carbocycles. The minimum Gasteiger partial charge on any atom is -0.505 e. The Morgan fingerprint density at radius 2 is 1.74 bits per heavy atom. The summed E-state index contributed by atoms with van der Waals surface area (Å²) in [7, 11) is 1.99. The van der Waals surface area contributed by atoms with Gasteiger partial charge in [0.25, 0.3) is 5.91 Å². The minimum atomic E-state index is -1.03. The minimum absolute atomic E-state index is 0.00328. The zero-order chi connectivity index (χ0) is 19.6. The summed E-state index contributed by atoms with van der Waals surface area (Å²) in [5, 5.41) is 19.4. The second kappa shape index (κ2) is 7.91. The Bertz CT molecular complexity index is 732. The molecule has 2 saturated heterocycles. The van der Waals surface area contributed by atoms with Crippen LogP contribution in [0.1, 0.15) is 16.9 Å². The van der Waals surface area contributed by atoms with Crippen molar-refractivity contribution < 1.29 is 24.6 Å². The number of piperazine rings is 1. The quantitative estimate of drug-likeness (QED) is 0.746. The Morgan fingerprint density at radius 1 is 1.07 bits per heavy atom. The molecule has 2 N–H and O–H groups in total. The number of amides is 2. The fourth-order valence-corrected chi connectivity index (χ4v) is 3.62. The molecule has 0 aromatic carbocycles. The zero-order valence-corrected chi connectivity index (χ0v) is 15.2. The van der Waals surface area contributed by atoms with Crippen LogP contribution in [0.2, 0.25) is 0 Å². The maximum Gasteiger partial charge on any atom is 0.308 e. The van der Waals surface area contributed by atoms with Crippen molar-refractivity contribution in [3.63, 3.8) is 0 Å². The molecule has 3 rings (SSSR count). The highest BCUT2D eigenvalue weighted by molar-refractivity contribution is 5.95. The molecular weight excluding hydrogens is 352 g/mol. The molecule has 9 heteroatoms. The lowest BCUT2D eigenvalue weighted by Crippen LogP contribution is -2.54. The summed E-state index contributed by atoms with van der Waals surface area (Å²) in [4.78, 5) is 46.3. The first-order valence-corrected chi connectivity index (χ1v) is 9.00. The molecule has 2 amide bonds. The smallest absolute Gasteiger partial charge is 0.308 e. The van der Waals surface area contributed by atoms with Crippen LogP contribution in [0.3, 0.4) is 0 Å². The average Bonchev–Trinajstić information content (AvgIpc) is 2.67. The van der Waals surface area contributed by atoms with E-state index in [0.29, 0.717) is 13.1 Å². The Hall–Kier alpha value is -2.68. The number of aliphatic carboxylic acids is 1. The highest BCUT2D eigenvalue weighted by Gasteiger charge is 2.39. The number of aromatic hydroxyl groups is 1. The van der Waals surface area contributed by atoms with Crippen molar-refractivity contribution in [3.05, 3.63) is 24.0 Å². The lowest BCUT2D eigenvalue weighted by molar-refractivity contribution is -0.147. The van der Waals surface area contributed by atoms with Crippen LogP contribution in [0, 0.1) is 11.8 Å². The number of aromatic nitrogens is 1. The topological polar surface area (TPSA) is 114 Å². The van der Waals surface area contributed by atoms with Gasteiger partial charge in [-0.2, -0.15) is 0 Å². The monoisotopic (exact) mass is 376 g/mol. The summed E-state index contributed by atoms with van der Waals surface area (Å²) in [6.45, 7) is 2.86. The first kappa shape index (κ1) is 19.1. The van der Waals surface area contributed by atoms with Crippen molar-refractivity contribution in [2.24, 2.45) is 11.8 Å². The van der Waals surface area contributed by atoms with Gasteiger partial charge >= 0.3 is 5.97 Å². The molecule has 2 aliphatic heterocycles. The van der Waals surface area contributed by atoms with Gasteiger partial charge < -0.3 is 24.9 Å². The van der Waals surface area contributed by atoms with Gasteiger partial charge in [0.2, 0.25) is 5.91 Å². The standard InChI is InChI=1S/C18H24N4O5/c1-20-5-7-21(8-6-20)16(24)12-9-13(18(26)27)11-22(10-12)17(25)15-14(23)3-2-4-19-15/h2-4,12-13,23H,5-11H2,1H3,(H,26,27)/t12-,13-/m1/s1. The highest BCUT2D eigenvalue weighted by atomic mass is 16.4. The van der Waals surface area contributed by atoms with Crippen molar-refractivity contribution in [1.82, 2.24) is 19.7 Å². The van der Waals surface area contributed by atoms with Gasteiger partial charge in [0.1, 0.15) is 5.75 Å². The lowest BCUT2D eigenvalue weighted by Gasteiger charge is -2.39. The number of likely N-dealkylation sites (tertiary alicyclic amines) is 1. The van der Waals surface area contributed by atoms with Crippen LogP contribution in [-0.4, -0.2) is 94.0 Å². The van der Waals surface area contributed by atoms with Gasteiger partial charge in [0.15, 0.2) is 5.69 Å². The van der Waals surface area contributed by atoms with E-state index >= 15 is 0 Å². The highest BCUT2D eigenvalue weighted by Crippen LogP contribution is 2.27. The number of rotatable bonds is 3. The number of hydrogen-bond donors (Lipinski definition) is 2. The van der Waals surface area contributed by atoms with Crippen molar-refractivity contribution in [3.8, 4) is 5.75 Å². The van der Waals surface area contributed by atoms with E-state index in [9.17, 15) is 24.6 Å². The maximum atomic E-state index is 12.9. The second-order valence-corrected chi connectivity index (χ2v) is 7.18. The van der Waals surface area contributed by atoms with Gasteiger partial charge in [-0.25, -0.2) is 4.98 Å². The number of carboxylic acid groups (broad SMARTS) is 1. The number of carbonyl (C=O) groups excluding carboxylic acids is 2. The summed E-state index contributed by atoms with van der Waals surface area (Å²) < 4.78 is 0. The molecule has 2 aliphatic rings. The first-order chi connectivity index (χ1) is 12.9. The van der Waals surface area contributed by atoms with Crippen LogP contribution in [0.25, 0.3) is 0 Å². The molecule has 27 heavy (non-hydrogen) atoms. The fraction of sp³-hybridized carbons (Fsp3) is 0.556. The molecule has 0 saturated carbocycles. The van der Waals surface area contributed by atoms with Crippen molar-refractivity contribution in [1.29, 1.82) is 0 Å². The largest absolute Gasteiger partial charge is 0.505 e. The van der Waals surface area contributed by atoms with Gasteiger partial charge in [-0.15, -0.1) is 0 Å². The van der Waals surface area contributed by atoms with E-state index in [1.165, 1.54) is 23.2 Å². The normalized spacial score (nSPS) is 23.9. The number of hydrogen-bond acceptors (Lipinski definition) is 6. The summed E-state index contributed by atoms with van der Waals surface area (Å²) in [6, 6.07) is 2.85. The Morgan fingerprint density at radius 3 is 2.37 bits per heavy atom. The summed E-state index contributed by atoms with van der Waals surface area (Å²) in [5.74, 6) is -3.36. The van der Waals surface area contributed by atoms with E-state index in [1.807, 2.05) is 7.05 Å². The third kappa shape index (κ3) is 4.19. The summed E-state index contributed by atoms with van der Waals surface area (Å²) in [6.07, 6.45) is 1.59. The molecule has 3 heterocycles.